The normalized spacial score (nSPS) is 23.3. The highest BCUT2D eigenvalue weighted by molar-refractivity contribution is 5.79. The maximum Gasteiger partial charge on any atom is 0.225 e. The maximum absolute atomic E-state index is 12.1. The number of halogens is 1. The molecule has 0 aromatic carbocycles. The molecule has 2 aliphatic heterocycles. The van der Waals surface area contributed by atoms with Crippen molar-refractivity contribution < 1.29 is 17.2 Å². The van der Waals surface area contributed by atoms with Gasteiger partial charge < -0.3 is 22.6 Å². The van der Waals surface area contributed by atoms with Gasteiger partial charge in [0.15, 0.2) is 0 Å². The van der Waals surface area contributed by atoms with Gasteiger partial charge in [-0.1, -0.05) is 0 Å². The first-order valence-corrected chi connectivity index (χ1v) is 5.87. The van der Waals surface area contributed by atoms with E-state index in [0.717, 1.165) is 39.0 Å². The number of carbonyl (C=O) groups is 1. The van der Waals surface area contributed by atoms with Crippen molar-refractivity contribution >= 4 is 5.91 Å². The monoisotopic (exact) mass is 231 g/mol. The SMILES string of the molecule is O=C(C1CCNCC1)N1CCCCC1.[Cl-]. The lowest BCUT2D eigenvalue weighted by Crippen LogP contribution is -3.00. The highest BCUT2D eigenvalue weighted by Crippen LogP contribution is 2.18. The highest BCUT2D eigenvalue weighted by Gasteiger charge is 2.26. The molecule has 2 aliphatic rings. The summed E-state index contributed by atoms with van der Waals surface area (Å²) in [6, 6.07) is 0. The summed E-state index contributed by atoms with van der Waals surface area (Å²) in [7, 11) is 0. The van der Waals surface area contributed by atoms with Gasteiger partial charge in [0.2, 0.25) is 5.91 Å². The van der Waals surface area contributed by atoms with Gasteiger partial charge in [0, 0.05) is 19.0 Å². The molecule has 15 heavy (non-hydrogen) atoms. The van der Waals surface area contributed by atoms with Crippen molar-refractivity contribution in [2.45, 2.75) is 32.1 Å². The third kappa shape index (κ3) is 3.35. The Morgan fingerprint density at radius 2 is 1.67 bits per heavy atom. The van der Waals surface area contributed by atoms with E-state index in [1.165, 1.54) is 19.3 Å². The van der Waals surface area contributed by atoms with Gasteiger partial charge in [-0.25, -0.2) is 0 Å². The quantitative estimate of drug-likeness (QED) is 0.567. The van der Waals surface area contributed by atoms with E-state index in [1.807, 2.05) is 0 Å². The summed E-state index contributed by atoms with van der Waals surface area (Å²) in [6.45, 7) is 4.04. The van der Waals surface area contributed by atoms with E-state index in [0.29, 0.717) is 11.8 Å². The number of hydrogen-bond acceptors (Lipinski definition) is 2. The minimum absolute atomic E-state index is 0. The Hall–Kier alpha value is -0.280. The summed E-state index contributed by atoms with van der Waals surface area (Å²) < 4.78 is 0. The van der Waals surface area contributed by atoms with Crippen molar-refractivity contribution in [1.82, 2.24) is 10.2 Å². The van der Waals surface area contributed by atoms with Crippen molar-refractivity contribution in [3.05, 3.63) is 0 Å². The lowest BCUT2D eigenvalue weighted by molar-refractivity contribution is -0.137. The van der Waals surface area contributed by atoms with Crippen molar-refractivity contribution in [3.63, 3.8) is 0 Å². The van der Waals surface area contributed by atoms with E-state index in [2.05, 4.69) is 10.2 Å². The first-order valence-electron chi connectivity index (χ1n) is 5.87. The third-order valence-corrected chi connectivity index (χ3v) is 3.36. The molecule has 2 rings (SSSR count). The van der Waals surface area contributed by atoms with Gasteiger partial charge in [0.05, 0.1) is 0 Å². The van der Waals surface area contributed by atoms with Crippen molar-refractivity contribution in [3.8, 4) is 0 Å². The Balaban J connectivity index is 0.00000112. The van der Waals surface area contributed by atoms with E-state index in [-0.39, 0.29) is 12.4 Å². The van der Waals surface area contributed by atoms with E-state index in [9.17, 15) is 4.79 Å². The Bertz CT molecular complexity index is 179. The molecule has 1 N–H and O–H groups in total. The molecule has 2 heterocycles. The van der Waals surface area contributed by atoms with E-state index in [1.54, 1.807) is 0 Å². The van der Waals surface area contributed by atoms with E-state index in [4.69, 9.17) is 0 Å². The Labute approximate surface area is 98.0 Å². The summed E-state index contributed by atoms with van der Waals surface area (Å²) in [5.41, 5.74) is 0. The van der Waals surface area contributed by atoms with Gasteiger partial charge in [-0.3, -0.25) is 4.79 Å². The molecule has 0 unspecified atom stereocenters. The molecule has 0 atom stereocenters. The minimum Gasteiger partial charge on any atom is -1.00 e. The lowest BCUT2D eigenvalue weighted by Gasteiger charge is -2.32. The van der Waals surface area contributed by atoms with Gasteiger partial charge in [-0.05, 0) is 45.2 Å². The average Bonchev–Trinajstić information content (AvgIpc) is 2.30. The van der Waals surface area contributed by atoms with Crippen LogP contribution in [0.5, 0.6) is 0 Å². The Morgan fingerprint density at radius 1 is 1.07 bits per heavy atom. The van der Waals surface area contributed by atoms with Crippen LogP contribution in [0.2, 0.25) is 0 Å². The molecule has 0 radical (unpaired) electrons. The molecule has 0 spiro atoms. The molecule has 2 fully saturated rings. The number of nitrogens with zero attached hydrogens (tertiary/aromatic N) is 1. The van der Waals surface area contributed by atoms with Crippen LogP contribution in [0.25, 0.3) is 0 Å². The zero-order valence-corrected chi connectivity index (χ0v) is 9.93. The fourth-order valence-corrected chi connectivity index (χ4v) is 2.44. The largest absolute Gasteiger partial charge is 1.00 e. The summed E-state index contributed by atoms with van der Waals surface area (Å²) >= 11 is 0. The Morgan fingerprint density at radius 3 is 2.27 bits per heavy atom. The number of carbonyl (C=O) groups excluding carboxylic acids is 1. The minimum atomic E-state index is 0. The fourth-order valence-electron chi connectivity index (χ4n) is 2.44. The number of hydrogen-bond donors (Lipinski definition) is 1. The van der Waals surface area contributed by atoms with Crippen LogP contribution in [0.15, 0.2) is 0 Å². The van der Waals surface area contributed by atoms with Gasteiger partial charge in [-0.15, -0.1) is 0 Å². The van der Waals surface area contributed by atoms with Crippen LogP contribution in [-0.4, -0.2) is 37.0 Å². The van der Waals surface area contributed by atoms with Crippen LogP contribution in [-0.2, 0) is 4.79 Å². The van der Waals surface area contributed by atoms with Gasteiger partial charge in [0.25, 0.3) is 0 Å². The molecule has 0 saturated carbocycles. The zero-order chi connectivity index (χ0) is 9.80. The van der Waals surface area contributed by atoms with Crippen LogP contribution < -0.4 is 17.7 Å². The van der Waals surface area contributed by atoms with Crippen LogP contribution in [0.3, 0.4) is 0 Å². The molecular formula is C11H20ClN2O-. The third-order valence-electron chi connectivity index (χ3n) is 3.36. The van der Waals surface area contributed by atoms with Gasteiger partial charge in [-0.2, -0.15) is 0 Å². The molecule has 0 aromatic heterocycles. The molecule has 0 aromatic rings. The molecule has 88 valence electrons. The lowest BCUT2D eigenvalue weighted by atomic mass is 9.95. The van der Waals surface area contributed by atoms with Crippen LogP contribution in [0.4, 0.5) is 0 Å². The second-order valence-corrected chi connectivity index (χ2v) is 4.41. The number of piperidine rings is 2. The molecule has 0 bridgehead atoms. The van der Waals surface area contributed by atoms with Gasteiger partial charge in [0.1, 0.15) is 0 Å². The first-order chi connectivity index (χ1) is 6.88. The zero-order valence-electron chi connectivity index (χ0n) is 9.17. The standard InChI is InChI=1S/C11H20N2O.ClH/c14-11(10-4-6-12-7-5-10)13-8-2-1-3-9-13;/h10,12H,1-9H2;1H/p-1. The molecule has 0 aliphatic carbocycles. The maximum atomic E-state index is 12.1. The molecular weight excluding hydrogens is 212 g/mol. The number of amides is 1. The van der Waals surface area contributed by atoms with E-state index >= 15 is 0 Å². The van der Waals surface area contributed by atoms with Gasteiger partial charge >= 0.3 is 0 Å². The summed E-state index contributed by atoms with van der Waals surface area (Å²) in [5, 5.41) is 3.30. The second kappa shape index (κ2) is 6.33. The predicted molar refractivity (Wildman–Crippen MR) is 56.0 cm³/mol. The summed E-state index contributed by atoms with van der Waals surface area (Å²) in [6.07, 6.45) is 5.79. The first kappa shape index (κ1) is 12.8. The van der Waals surface area contributed by atoms with Crippen molar-refractivity contribution in [2.75, 3.05) is 26.2 Å². The number of likely N-dealkylation sites (tertiary alicyclic amines) is 1. The predicted octanol–water partition coefficient (Wildman–Crippen LogP) is -2.00. The number of rotatable bonds is 1. The van der Waals surface area contributed by atoms with Crippen molar-refractivity contribution in [1.29, 1.82) is 0 Å². The van der Waals surface area contributed by atoms with E-state index < -0.39 is 0 Å². The van der Waals surface area contributed by atoms with Crippen LogP contribution in [0.1, 0.15) is 32.1 Å². The average molecular weight is 232 g/mol. The number of nitrogens with one attached hydrogen (secondary N) is 1. The smallest absolute Gasteiger partial charge is 0.225 e. The van der Waals surface area contributed by atoms with Crippen LogP contribution >= 0.6 is 0 Å². The van der Waals surface area contributed by atoms with Crippen LogP contribution in [0, 0.1) is 5.92 Å². The molecule has 2 saturated heterocycles. The fraction of sp³-hybridized carbons (Fsp3) is 0.909. The Kier molecular flexibility index (Phi) is 5.40. The molecule has 3 nitrogen and oxygen atoms in total. The topological polar surface area (TPSA) is 32.3 Å². The van der Waals surface area contributed by atoms with Crippen molar-refractivity contribution in [2.24, 2.45) is 5.92 Å². The molecule has 4 heteroatoms. The molecule has 1 amide bonds. The second-order valence-electron chi connectivity index (χ2n) is 4.41. The summed E-state index contributed by atoms with van der Waals surface area (Å²) in [5.74, 6) is 0.737. The highest BCUT2D eigenvalue weighted by atomic mass is 35.5. The summed E-state index contributed by atoms with van der Waals surface area (Å²) in [4.78, 5) is 14.1.